The van der Waals surface area contributed by atoms with E-state index in [0.717, 1.165) is 29.7 Å². The van der Waals surface area contributed by atoms with Crippen molar-refractivity contribution < 1.29 is 9.90 Å². The second-order valence-corrected chi connectivity index (χ2v) is 8.51. The number of carbonyl (C=O) groups is 1. The average molecular weight is 345 g/mol. The zero-order valence-corrected chi connectivity index (χ0v) is 16.0. The molecule has 2 rings (SSSR count). The second kappa shape index (κ2) is 8.09. The third-order valence-electron chi connectivity index (χ3n) is 4.71. The van der Waals surface area contributed by atoms with Crippen molar-refractivity contribution in [3.8, 4) is 0 Å². The highest BCUT2D eigenvalue weighted by Crippen LogP contribution is 2.33. The van der Waals surface area contributed by atoms with Crippen molar-refractivity contribution in [2.75, 3.05) is 0 Å². The lowest BCUT2D eigenvalue weighted by molar-refractivity contribution is -0.131. The highest BCUT2D eigenvalue weighted by molar-refractivity contribution is 7.12. The maximum absolute atomic E-state index is 13.1. The molecule has 1 atom stereocenters. The first-order chi connectivity index (χ1) is 11.4. The molecule has 2 aromatic rings. The second-order valence-electron chi connectivity index (χ2n) is 7.17. The van der Waals surface area contributed by atoms with E-state index in [2.05, 4.69) is 32.9 Å². The van der Waals surface area contributed by atoms with Crippen LogP contribution >= 0.6 is 11.3 Å². The van der Waals surface area contributed by atoms with Gasteiger partial charge in [-0.25, -0.2) is 0 Å². The van der Waals surface area contributed by atoms with E-state index in [4.69, 9.17) is 0 Å². The number of aliphatic hydroxyl groups excluding tert-OH is 1. The Bertz CT molecular complexity index is 670. The Morgan fingerprint density at radius 3 is 2.46 bits per heavy atom. The molecule has 2 nitrogen and oxygen atoms in total. The highest BCUT2D eigenvalue weighted by atomic mass is 32.1. The first kappa shape index (κ1) is 18.9. The topological polar surface area (TPSA) is 37.3 Å². The maximum Gasteiger partial charge on any atom is 0.142 e. The molecule has 0 amide bonds. The Hall–Kier alpha value is -1.45. The Kier molecular flexibility index (Phi) is 6.36. The molecule has 130 valence electrons. The minimum Gasteiger partial charge on any atom is -0.392 e. The molecule has 1 aromatic heterocycles. The van der Waals surface area contributed by atoms with Gasteiger partial charge in [-0.05, 0) is 43.4 Å². The summed E-state index contributed by atoms with van der Waals surface area (Å²) in [4.78, 5) is 15.5. The molecule has 1 heterocycles. The van der Waals surface area contributed by atoms with E-state index >= 15 is 0 Å². The van der Waals surface area contributed by atoms with Crippen molar-refractivity contribution in [1.29, 1.82) is 0 Å². The van der Waals surface area contributed by atoms with Gasteiger partial charge in [0, 0.05) is 21.1 Å². The summed E-state index contributed by atoms with van der Waals surface area (Å²) in [6.45, 7) is 8.30. The van der Waals surface area contributed by atoms with Gasteiger partial charge in [-0.3, -0.25) is 4.79 Å². The molecule has 0 aliphatic heterocycles. The minimum atomic E-state index is -0.389. The van der Waals surface area contributed by atoms with Crippen LogP contribution in [0.2, 0.25) is 0 Å². The minimum absolute atomic E-state index is 0.0563. The lowest BCUT2D eigenvalue weighted by Crippen LogP contribution is -2.33. The Balaban J connectivity index is 2.11. The largest absolute Gasteiger partial charge is 0.392 e. The van der Waals surface area contributed by atoms with Gasteiger partial charge in [-0.1, -0.05) is 51.1 Å². The van der Waals surface area contributed by atoms with E-state index in [-0.39, 0.29) is 17.9 Å². The fourth-order valence-corrected chi connectivity index (χ4v) is 4.51. The van der Waals surface area contributed by atoms with Gasteiger partial charge in [0.2, 0.25) is 0 Å². The third kappa shape index (κ3) is 4.55. The van der Waals surface area contributed by atoms with E-state index in [0.29, 0.717) is 5.78 Å². The standard InChI is InChI=1S/C21H28O2S/c1-5-17(11-16-9-7-6-8-10-16)20(23)21(3,4)13-19-12-18(14-22)15(2)24-19/h6-10,12,17,22H,5,11,13-14H2,1-4H3. The SMILES string of the molecule is CCC(Cc1ccccc1)C(=O)C(C)(C)Cc1cc(CO)c(C)s1. The summed E-state index contributed by atoms with van der Waals surface area (Å²) >= 11 is 1.69. The normalized spacial score (nSPS) is 13.0. The number of thiophene rings is 1. The first-order valence-corrected chi connectivity index (χ1v) is 9.46. The summed E-state index contributed by atoms with van der Waals surface area (Å²) < 4.78 is 0. The molecule has 0 aliphatic rings. The Morgan fingerprint density at radius 2 is 1.92 bits per heavy atom. The predicted molar refractivity (Wildman–Crippen MR) is 101 cm³/mol. The van der Waals surface area contributed by atoms with E-state index in [1.807, 2.05) is 31.2 Å². The summed E-state index contributed by atoms with van der Waals surface area (Å²) in [7, 11) is 0. The van der Waals surface area contributed by atoms with Gasteiger partial charge >= 0.3 is 0 Å². The van der Waals surface area contributed by atoms with Gasteiger partial charge in [0.1, 0.15) is 5.78 Å². The van der Waals surface area contributed by atoms with Crippen molar-refractivity contribution in [2.45, 2.75) is 53.6 Å². The molecule has 1 N–H and O–H groups in total. The maximum atomic E-state index is 13.1. The number of Topliss-reactive ketones (excluding diaryl/α,β-unsaturated/α-hetero) is 1. The molecule has 1 unspecified atom stereocenters. The van der Waals surface area contributed by atoms with Gasteiger partial charge in [0.15, 0.2) is 0 Å². The molecule has 24 heavy (non-hydrogen) atoms. The van der Waals surface area contributed by atoms with Gasteiger partial charge in [0.05, 0.1) is 6.61 Å². The highest BCUT2D eigenvalue weighted by Gasteiger charge is 2.33. The van der Waals surface area contributed by atoms with Crippen LogP contribution in [-0.4, -0.2) is 10.9 Å². The van der Waals surface area contributed by atoms with Gasteiger partial charge in [-0.15, -0.1) is 11.3 Å². The lowest BCUT2D eigenvalue weighted by atomic mass is 9.75. The molecule has 0 aliphatic carbocycles. The molecule has 0 spiro atoms. The van der Waals surface area contributed by atoms with E-state index < -0.39 is 0 Å². The number of ketones is 1. The fourth-order valence-electron chi connectivity index (χ4n) is 3.23. The summed E-state index contributed by atoms with van der Waals surface area (Å²) in [6, 6.07) is 12.3. The number of aryl methyl sites for hydroxylation is 1. The summed E-state index contributed by atoms with van der Waals surface area (Å²) in [5.74, 6) is 0.395. The number of carbonyl (C=O) groups excluding carboxylic acids is 1. The predicted octanol–water partition coefficient (Wildman–Crippen LogP) is 4.96. The number of rotatable bonds is 8. The van der Waals surface area contributed by atoms with Crippen LogP contribution in [0.1, 0.15) is 48.1 Å². The van der Waals surface area contributed by atoms with Crippen molar-refractivity contribution in [2.24, 2.45) is 11.3 Å². The zero-order valence-electron chi connectivity index (χ0n) is 15.1. The molecule has 0 bridgehead atoms. The van der Waals surface area contributed by atoms with Crippen molar-refractivity contribution >= 4 is 17.1 Å². The van der Waals surface area contributed by atoms with Crippen LogP contribution in [-0.2, 0) is 24.2 Å². The summed E-state index contributed by atoms with van der Waals surface area (Å²) in [5.41, 5.74) is 1.82. The lowest BCUT2D eigenvalue weighted by Gasteiger charge is -2.27. The van der Waals surface area contributed by atoms with Crippen molar-refractivity contribution in [3.63, 3.8) is 0 Å². The van der Waals surface area contributed by atoms with E-state index in [1.54, 1.807) is 11.3 Å². The van der Waals surface area contributed by atoms with Crippen LogP contribution in [0.25, 0.3) is 0 Å². The number of benzene rings is 1. The van der Waals surface area contributed by atoms with Gasteiger partial charge in [0.25, 0.3) is 0 Å². The molecule has 1 aromatic carbocycles. The number of aliphatic hydroxyl groups is 1. The molecule has 0 saturated heterocycles. The van der Waals surface area contributed by atoms with E-state index in [9.17, 15) is 9.90 Å². The van der Waals surface area contributed by atoms with Crippen LogP contribution < -0.4 is 0 Å². The molecule has 3 heteroatoms. The van der Waals surface area contributed by atoms with Crippen molar-refractivity contribution in [3.05, 3.63) is 57.3 Å². The van der Waals surface area contributed by atoms with Crippen molar-refractivity contribution in [1.82, 2.24) is 0 Å². The Labute approximate surface area is 149 Å². The first-order valence-electron chi connectivity index (χ1n) is 8.64. The zero-order chi connectivity index (χ0) is 17.7. The third-order valence-corrected chi connectivity index (χ3v) is 5.81. The van der Waals surface area contributed by atoms with Gasteiger partial charge in [-0.2, -0.15) is 0 Å². The molecule has 0 saturated carbocycles. The quantitative estimate of drug-likeness (QED) is 0.735. The average Bonchev–Trinajstić information content (AvgIpc) is 2.91. The molecule has 0 fully saturated rings. The van der Waals surface area contributed by atoms with Gasteiger partial charge < -0.3 is 5.11 Å². The van der Waals surface area contributed by atoms with Crippen LogP contribution in [0.4, 0.5) is 0 Å². The number of hydrogen-bond donors (Lipinski definition) is 1. The molecule has 0 radical (unpaired) electrons. The van der Waals surface area contributed by atoms with E-state index in [1.165, 1.54) is 10.4 Å². The Morgan fingerprint density at radius 1 is 1.25 bits per heavy atom. The molecular formula is C21H28O2S. The van der Waals surface area contributed by atoms with Crippen LogP contribution in [0, 0.1) is 18.3 Å². The summed E-state index contributed by atoms with van der Waals surface area (Å²) in [6.07, 6.45) is 2.41. The van der Waals surface area contributed by atoms with Crippen LogP contribution in [0.5, 0.6) is 0 Å². The smallest absolute Gasteiger partial charge is 0.142 e. The number of hydrogen-bond acceptors (Lipinski definition) is 3. The monoisotopic (exact) mass is 344 g/mol. The summed E-state index contributed by atoms with van der Waals surface area (Å²) in [5, 5.41) is 9.37. The fraction of sp³-hybridized carbons (Fsp3) is 0.476. The van der Waals surface area contributed by atoms with Crippen LogP contribution in [0.3, 0.4) is 0 Å². The van der Waals surface area contributed by atoms with Crippen LogP contribution in [0.15, 0.2) is 36.4 Å². The molecular weight excluding hydrogens is 316 g/mol.